The summed E-state index contributed by atoms with van der Waals surface area (Å²) in [7, 11) is -2.35. The third-order valence-corrected chi connectivity index (χ3v) is 6.62. The molecule has 168 valence electrons. The summed E-state index contributed by atoms with van der Waals surface area (Å²) in [5, 5.41) is 0. The van der Waals surface area contributed by atoms with Gasteiger partial charge in [-0.2, -0.15) is 4.31 Å². The fourth-order valence-corrected chi connectivity index (χ4v) is 4.66. The number of alkyl halides is 3. The lowest BCUT2D eigenvalue weighted by atomic mass is 10.1. The molecule has 7 nitrogen and oxygen atoms in total. The van der Waals surface area contributed by atoms with Gasteiger partial charge in [0.2, 0.25) is 10.0 Å². The molecule has 1 aliphatic rings. The molecule has 2 aromatic rings. The van der Waals surface area contributed by atoms with Crippen LogP contribution in [0, 0.1) is 0 Å². The molecule has 0 spiro atoms. The molecule has 1 fully saturated rings. The Morgan fingerprint density at radius 2 is 1.68 bits per heavy atom. The van der Waals surface area contributed by atoms with Gasteiger partial charge < -0.3 is 14.4 Å². The molecular formula is C20H21F3N2O5S. The number of ether oxygens (including phenoxy) is 2. The summed E-state index contributed by atoms with van der Waals surface area (Å²) in [6, 6.07) is 11.1. The van der Waals surface area contributed by atoms with Crippen molar-refractivity contribution in [3.8, 4) is 5.75 Å². The highest BCUT2D eigenvalue weighted by Crippen LogP contribution is 2.25. The average molecular weight is 458 g/mol. The topological polar surface area (TPSA) is 76.2 Å². The lowest BCUT2D eigenvalue weighted by molar-refractivity contribution is -0.274. The Hall–Kier alpha value is -2.63. The minimum Gasteiger partial charge on any atom is -0.406 e. The van der Waals surface area contributed by atoms with Gasteiger partial charge in [0.05, 0.1) is 11.5 Å². The van der Waals surface area contributed by atoms with Gasteiger partial charge in [-0.15, -0.1) is 13.2 Å². The third-order valence-electron chi connectivity index (χ3n) is 4.71. The van der Waals surface area contributed by atoms with Gasteiger partial charge in [0.25, 0.3) is 5.91 Å². The average Bonchev–Trinajstić information content (AvgIpc) is 2.73. The van der Waals surface area contributed by atoms with Crippen molar-refractivity contribution in [3.63, 3.8) is 0 Å². The van der Waals surface area contributed by atoms with Crippen LogP contribution in [0.2, 0.25) is 0 Å². The van der Waals surface area contributed by atoms with E-state index in [1.165, 1.54) is 4.31 Å². The molecule has 0 aromatic heterocycles. The first-order valence-electron chi connectivity index (χ1n) is 9.33. The highest BCUT2D eigenvalue weighted by atomic mass is 32.2. The Morgan fingerprint density at radius 1 is 1.03 bits per heavy atom. The van der Waals surface area contributed by atoms with Gasteiger partial charge in [-0.05, 0) is 42.0 Å². The Bertz CT molecular complexity index is 1020. The van der Waals surface area contributed by atoms with Gasteiger partial charge >= 0.3 is 6.36 Å². The molecule has 1 heterocycles. The van der Waals surface area contributed by atoms with Crippen LogP contribution in [0.5, 0.6) is 5.75 Å². The number of hydrogen-bond donors (Lipinski definition) is 0. The molecule has 11 heteroatoms. The van der Waals surface area contributed by atoms with Crippen molar-refractivity contribution in [3.05, 3.63) is 59.7 Å². The predicted molar refractivity (Wildman–Crippen MR) is 105 cm³/mol. The summed E-state index contributed by atoms with van der Waals surface area (Å²) in [6.07, 6.45) is -4.85. The highest BCUT2D eigenvalue weighted by Gasteiger charge is 2.33. The molecule has 1 amide bonds. The number of carbonyl (C=O) groups is 1. The second kappa shape index (κ2) is 9.25. The minimum atomic E-state index is -4.85. The number of rotatable bonds is 6. The van der Waals surface area contributed by atoms with Crippen LogP contribution in [0.15, 0.2) is 53.4 Å². The summed E-state index contributed by atoms with van der Waals surface area (Å²) in [5.41, 5.74) is 1.35. The van der Waals surface area contributed by atoms with Crippen molar-refractivity contribution in [2.24, 2.45) is 0 Å². The number of amides is 1. The maximum absolute atomic E-state index is 12.8. The largest absolute Gasteiger partial charge is 0.573 e. The second-order valence-electron chi connectivity index (χ2n) is 6.85. The molecule has 3 rings (SSSR count). The third kappa shape index (κ3) is 5.75. The number of sulfonamides is 1. The maximum Gasteiger partial charge on any atom is 0.573 e. The molecule has 1 aliphatic heterocycles. The monoisotopic (exact) mass is 458 g/mol. The van der Waals surface area contributed by atoms with Crippen LogP contribution < -0.4 is 4.74 Å². The van der Waals surface area contributed by atoms with Crippen LogP contribution in [-0.4, -0.2) is 63.2 Å². The Labute approximate surface area is 178 Å². The molecule has 2 aromatic carbocycles. The molecule has 0 atom stereocenters. The maximum atomic E-state index is 12.8. The van der Waals surface area contributed by atoms with E-state index in [1.807, 2.05) is 6.07 Å². The van der Waals surface area contributed by atoms with E-state index in [0.29, 0.717) is 12.2 Å². The van der Waals surface area contributed by atoms with Crippen molar-refractivity contribution in [1.82, 2.24) is 9.21 Å². The highest BCUT2D eigenvalue weighted by molar-refractivity contribution is 7.89. The summed E-state index contributed by atoms with van der Waals surface area (Å²) in [6.45, 7) is 0.920. The van der Waals surface area contributed by atoms with E-state index in [4.69, 9.17) is 4.74 Å². The molecule has 0 saturated carbocycles. The van der Waals surface area contributed by atoms with E-state index in [1.54, 1.807) is 30.2 Å². The van der Waals surface area contributed by atoms with Crippen molar-refractivity contribution < 1.29 is 35.9 Å². The fourth-order valence-electron chi connectivity index (χ4n) is 3.24. The van der Waals surface area contributed by atoms with Crippen molar-refractivity contribution in [2.45, 2.75) is 17.9 Å². The number of hydrogen-bond acceptors (Lipinski definition) is 5. The van der Waals surface area contributed by atoms with Crippen LogP contribution >= 0.6 is 0 Å². The zero-order chi connectivity index (χ0) is 22.6. The van der Waals surface area contributed by atoms with Gasteiger partial charge in [-0.1, -0.05) is 12.1 Å². The number of methoxy groups -OCH3 is 1. The molecule has 0 unspecified atom stereocenters. The number of piperazine rings is 1. The van der Waals surface area contributed by atoms with Crippen molar-refractivity contribution in [1.29, 1.82) is 0 Å². The van der Waals surface area contributed by atoms with E-state index < -0.39 is 22.1 Å². The Kier molecular flexibility index (Phi) is 6.87. The SMILES string of the molecule is COCc1cccc(C(=O)N2CCN(S(=O)(=O)c3ccc(OC(F)(F)F)cc3)CC2)c1. The van der Waals surface area contributed by atoms with Crippen LogP contribution in [0.4, 0.5) is 13.2 Å². The molecule has 31 heavy (non-hydrogen) atoms. The smallest absolute Gasteiger partial charge is 0.406 e. The molecule has 1 saturated heterocycles. The fraction of sp³-hybridized carbons (Fsp3) is 0.350. The van der Waals surface area contributed by atoms with Crippen LogP contribution in [0.3, 0.4) is 0 Å². The second-order valence-corrected chi connectivity index (χ2v) is 8.79. The van der Waals surface area contributed by atoms with Gasteiger partial charge in [0.1, 0.15) is 5.75 Å². The van der Waals surface area contributed by atoms with Gasteiger partial charge in [0.15, 0.2) is 0 Å². The number of halogens is 3. The van der Waals surface area contributed by atoms with Crippen LogP contribution in [-0.2, 0) is 21.4 Å². The standard InChI is InChI=1S/C20H21F3N2O5S/c1-29-14-15-3-2-4-16(13-15)19(26)24-9-11-25(12-10-24)31(27,28)18-7-5-17(6-8-18)30-20(21,22)23/h2-8,13H,9-12,14H2,1H3. The Morgan fingerprint density at radius 3 is 2.26 bits per heavy atom. The first-order chi connectivity index (χ1) is 14.6. The van der Waals surface area contributed by atoms with Crippen LogP contribution in [0.1, 0.15) is 15.9 Å². The quantitative estimate of drug-likeness (QED) is 0.666. The van der Waals surface area contributed by atoms with Gasteiger partial charge in [0, 0.05) is 38.9 Å². The van der Waals surface area contributed by atoms with E-state index in [9.17, 15) is 26.4 Å². The van der Waals surface area contributed by atoms with Crippen molar-refractivity contribution in [2.75, 3.05) is 33.3 Å². The van der Waals surface area contributed by atoms with Gasteiger partial charge in [-0.25, -0.2) is 8.42 Å². The van der Waals surface area contributed by atoms with Crippen LogP contribution in [0.25, 0.3) is 0 Å². The Balaban J connectivity index is 1.64. The minimum absolute atomic E-state index is 0.0760. The summed E-state index contributed by atoms with van der Waals surface area (Å²) >= 11 is 0. The normalized spacial score (nSPS) is 15.7. The molecule has 0 N–H and O–H groups in total. The zero-order valence-electron chi connectivity index (χ0n) is 16.6. The number of carbonyl (C=O) groups excluding carboxylic acids is 1. The predicted octanol–water partition coefficient (Wildman–Crippen LogP) is 2.88. The number of nitrogens with zero attached hydrogens (tertiary/aromatic N) is 2. The van der Waals surface area contributed by atoms with E-state index >= 15 is 0 Å². The molecule has 0 aliphatic carbocycles. The molecule has 0 radical (unpaired) electrons. The zero-order valence-corrected chi connectivity index (χ0v) is 17.4. The van der Waals surface area contributed by atoms with Gasteiger partial charge in [-0.3, -0.25) is 4.79 Å². The number of benzene rings is 2. The summed E-state index contributed by atoms with van der Waals surface area (Å²) in [4.78, 5) is 14.2. The first kappa shape index (κ1) is 23.0. The lowest BCUT2D eigenvalue weighted by Gasteiger charge is -2.34. The van der Waals surface area contributed by atoms with E-state index in [-0.39, 0.29) is 37.0 Å². The lowest BCUT2D eigenvalue weighted by Crippen LogP contribution is -2.50. The van der Waals surface area contributed by atoms with E-state index in [0.717, 1.165) is 29.8 Å². The summed E-state index contributed by atoms with van der Waals surface area (Å²) in [5.74, 6) is -0.707. The first-order valence-corrected chi connectivity index (χ1v) is 10.8. The molecular weight excluding hydrogens is 437 g/mol. The summed E-state index contributed by atoms with van der Waals surface area (Å²) < 4.78 is 72.4. The molecule has 0 bridgehead atoms. The van der Waals surface area contributed by atoms with Crippen molar-refractivity contribution >= 4 is 15.9 Å². The van der Waals surface area contributed by atoms with E-state index in [2.05, 4.69) is 4.74 Å².